The van der Waals surface area contributed by atoms with Gasteiger partial charge in [0.2, 0.25) is 0 Å². The molecule has 6 heteroatoms. The molecule has 2 N–H and O–H groups in total. The normalized spacial score (nSPS) is 10.5. The average molecular weight is 361 g/mol. The number of terminal acetylenes is 1. The molecule has 0 unspecified atom stereocenters. The van der Waals surface area contributed by atoms with E-state index in [1.54, 1.807) is 7.05 Å². The molecule has 100 valence electrons. The highest BCUT2D eigenvalue weighted by atomic mass is 127. The molecule has 0 saturated heterocycles. The van der Waals surface area contributed by atoms with E-state index >= 15 is 0 Å². The highest BCUT2D eigenvalue weighted by Gasteiger charge is 2.09. The number of nitrogens with zero attached hydrogens (tertiary/aromatic N) is 3. The zero-order chi connectivity index (χ0) is 12.8. The van der Waals surface area contributed by atoms with Gasteiger partial charge in [-0.25, -0.2) is 0 Å². The van der Waals surface area contributed by atoms with Crippen LogP contribution in [-0.2, 0) is 13.6 Å². The Hall–Kier alpha value is -1.23. The van der Waals surface area contributed by atoms with E-state index in [0.717, 1.165) is 11.4 Å². The number of guanidine groups is 1. The number of nitrogens with one attached hydrogen (secondary N) is 2. The second-order valence-electron chi connectivity index (χ2n) is 3.76. The summed E-state index contributed by atoms with van der Waals surface area (Å²) in [5.41, 5.74) is 3.38. The Kier molecular flexibility index (Phi) is 7.43. The lowest BCUT2D eigenvalue weighted by Crippen LogP contribution is -2.37. The lowest BCUT2D eigenvalue weighted by atomic mass is 10.2. The zero-order valence-corrected chi connectivity index (χ0v) is 13.6. The Labute approximate surface area is 125 Å². The van der Waals surface area contributed by atoms with Gasteiger partial charge in [0.15, 0.2) is 5.96 Å². The molecule has 0 saturated carbocycles. The van der Waals surface area contributed by atoms with Crippen LogP contribution in [0.1, 0.15) is 17.0 Å². The van der Waals surface area contributed by atoms with Crippen LogP contribution in [0.4, 0.5) is 0 Å². The van der Waals surface area contributed by atoms with Crippen LogP contribution in [0.25, 0.3) is 0 Å². The fraction of sp³-hybridized carbons (Fsp3) is 0.500. The quantitative estimate of drug-likeness (QED) is 0.365. The highest BCUT2D eigenvalue weighted by Crippen LogP contribution is 2.10. The molecule has 1 heterocycles. The summed E-state index contributed by atoms with van der Waals surface area (Å²) in [6.45, 7) is 5.21. The maximum atomic E-state index is 5.18. The topological polar surface area (TPSA) is 54.2 Å². The third-order valence-corrected chi connectivity index (χ3v) is 2.67. The average Bonchev–Trinajstić information content (AvgIpc) is 2.55. The number of hydrogen-bond acceptors (Lipinski definition) is 2. The number of aromatic nitrogens is 2. The predicted molar refractivity (Wildman–Crippen MR) is 85.1 cm³/mol. The van der Waals surface area contributed by atoms with Crippen molar-refractivity contribution in [2.75, 3.05) is 13.6 Å². The van der Waals surface area contributed by atoms with Crippen molar-refractivity contribution in [3.05, 3.63) is 17.0 Å². The summed E-state index contributed by atoms with van der Waals surface area (Å²) in [5.74, 6) is 3.21. The fourth-order valence-electron chi connectivity index (χ4n) is 1.60. The molecule has 0 fully saturated rings. The van der Waals surface area contributed by atoms with E-state index in [9.17, 15) is 0 Å². The summed E-state index contributed by atoms with van der Waals surface area (Å²) < 4.78 is 1.88. The predicted octanol–water partition coefficient (Wildman–Crippen LogP) is 0.953. The number of rotatable bonds is 3. The van der Waals surface area contributed by atoms with Crippen molar-refractivity contribution in [1.82, 2.24) is 20.4 Å². The van der Waals surface area contributed by atoms with Gasteiger partial charge >= 0.3 is 0 Å². The molecule has 0 amide bonds. The van der Waals surface area contributed by atoms with E-state index in [1.807, 2.05) is 18.7 Å². The van der Waals surface area contributed by atoms with Gasteiger partial charge in [-0.3, -0.25) is 9.67 Å². The van der Waals surface area contributed by atoms with Crippen molar-refractivity contribution in [3.8, 4) is 12.3 Å². The van der Waals surface area contributed by atoms with E-state index in [1.165, 1.54) is 5.56 Å². The minimum atomic E-state index is 0. The smallest absolute Gasteiger partial charge is 0.192 e. The Morgan fingerprint density at radius 2 is 2.11 bits per heavy atom. The van der Waals surface area contributed by atoms with E-state index in [4.69, 9.17) is 6.42 Å². The van der Waals surface area contributed by atoms with Crippen molar-refractivity contribution < 1.29 is 0 Å². The number of aryl methyl sites for hydroxylation is 2. The van der Waals surface area contributed by atoms with Gasteiger partial charge in [0.1, 0.15) is 0 Å². The third-order valence-electron chi connectivity index (χ3n) is 2.67. The van der Waals surface area contributed by atoms with Gasteiger partial charge in [-0.05, 0) is 13.8 Å². The summed E-state index contributed by atoms with van der Waals surface area (Å²) in [7, 11) is 3.66. The first-order chi connectivity index (χ1) is 8.10. The van der Waals surface area contributed by atoms with Crippen LogP contribution in [0.5, 0.6) is 0 Å². The van der Waals surface area contributed by atoms with Gasteiger partial charge in [-0.1, -0.05) is 5.92 Å². The van der Waals surface area contributed by atoms with Gasteiger partial charge in [-0.15, -0.1) is 30.4 Å². The standard InChI is InChI=1S/C12H19N5.HI/c1-6-7-14-12(13-4)15-8-11-9(2)16-17(5)10(11)3;/h1H,7-8H2,2-5H3,(H2,13,14,15);1H. The summed E-state index contributed by atoms with van der Waals surface area (Å²) in [6.07, 6.45) is 5.18. The molecule has 18 heavy (non-hydrogen) atoms. The number of hydrogen-bond donors (Lipinski definition) is 2. The van der Waals surface area contributed by atoms with Crippen LogP contribution in [0.2, 0.25) is 0 Å². The summed E-state index contributed by atoms with van der Waals surface area (Å²) in [6, 6.07) is 0. The molecular formula is C12H20IN5. The molecule has 0 aromatic carbocycles. The van der Waals surface area contributed by atoms with Crippen LogP contribution >= 0.6 is 24.0 Å². The minimum absolute atomic E-state index is 0. The molecule has 1 aromatic rings. The molecule has 1 aromatic heterocycles. The number of halogens is 1. The Balaban J connectivity index is 0.00000289. The van der Waals surface area contributed by atoms with Gasteiger partial charge in [0.05, 0.1) is 12.2 Å². The molecule has 0 spiro atoms. The summed E-state index contributed by atoms with van der Waals surface area (Å²) in [5, 5.41) is 10.6. The van der Waals surface area contributed by atoms with Crippen molar-refractivity contribution in [3.63, 3.8) is 0 Å². The number of aliphatic imine (C=N–C) groups is 1. The fourth-order valence-corrected chi connectivity index (χ4v) is 1.60. The maximum Gasteiger partial charge on any atom is 0.192 e. The Bertz CT molecular complexity index is 456. The van der Waals surface area contributed by atoms with Crippen LogP contribution in [0, 0.1) is 26.2 Å². The van der Waals surface area contributed by atoms with Crippen LogP contribution in [-0.4, -0.2) is 29.3 Å². The van der Waals surface area contributed by atoms with Crippen molar-refractivity contribution >= 4 is 29.9 Å². The Morgan fingerprint density at radius 3 is 2.56 bits per heavy atom. The van der Waals surface area contributed by atoms with E-state index in [0.29, 0.717) is 19.0 Å². The molecule has 0 aliphatic rings. The first kappa shape index (κ1) is 16.8. The highest BCUT2D eigenvalue weighted by molar-refractivity contribution is 14.0. The van der Waals surface area contributed by atoms with Crippen LogP contribution in [0.15, 0.2) is 4.99 Å². The molecule has 1 rings (SSSR count). The third kappa shape index (κ3) is 4.22. The summed E-state index contributed by atoms with van der Waals surface area (Å²) in [4.78, 5) is 4.08. The zero-order valence-electron chi connectivity index (χ0n) is 11.2. The SMILES string of the molecule is C#CCNC(=NC)NCc1c(C)nn(C)c1C.I. The van der Waals surface area contributed by atoms with Crippen molar-refractivity contribution in [1.29, 1.82) is 0 Å². The molecule has 5 nitrogen and oxygen atoms in total. The second kappa shape index (κ2) is 7.97. The van der Waals surface area contributed by atoms with Crippen LogP contribution in [0.3, 0.4) is 0 Å². The first-order valence-corrected chi connectivity index (χ1v) is 5.47. The van der Waals surface area contributed by atoms with E-state index < -0.39 is 0 Å². The van der Waals surface area contributed by atoms with E-state index in [-0.39, 0.29) is 24.0 Å². The van der Waals surface area contributed by atoms with Gasteiger partial charge in [0.25, 0.3) is 0 Å². The lowest BCUT2D eigenvalue weighted by Gasteiger charge is -2.10. The molecular weight excluding hydrogens is 341 g/mol. The molecule has 0 aliphatic heterocycles. The molecule has 0 atom stereocenters. The molecule has 0 radical (unpaired) electrons. The molecule has 0 bridgehead atoms. The van der Waals surface area contributed by atoms with Crippen LogP contribution < -0.4 is 10.6 Å². The monoisotopic (exact) mass is 361 g/mol. The minimum Gasteiger partial charge on any atom is -0.352 e. The van der Waals surface area contributed by atoms with Crippen molar-refractivity contribution in [2.24, 2.45) is 12.0 Å². The second-order valence-corrected chi connectivity index (χ2v) is 3.76. The van der Waals surface area contributed by atoms with E-state index in [2.05, 4.69) is 33.6 Å². The maximum absolute atomic E-state index is 5.18. The van der Waals surface area contributed by atoms with Gasteiger partial charge in [0, 0.05) is 31.9 Å². The van der Waals surface area contributed by atoms with Gasteiger partial charge < -0.3 is 10.6 Å². The van der Waals surface area contributed by atoms with Crippen molar-refractivity contribution in [2.45, 2.75) is 20.4 Å². The first-order valence-electron chi connectivity index (χ1n) is 5.47. The largest absolute Gasteiger partial charge is 0.352 e. The van der Waals surface area contributed by atoms with Gasteiger partial charge in [-0.2, -0.15) is 5.10 Å². The Morgan fingerprint density at radius 1 is 1.44 bits per heavy atom. The lowest BCUT2D eigenvalue weighted by molar-refractivity contribution is 0.729. The summed E-state index contributed by atoms with van der Waals surface area (Å²) >= 11 is 0. The molecule has 0 aliphatic carbocycles.